The highest BCUT2D eigenvalue weighted by Gasteiger charge is 2.06. The number of benzene rings is 3. The van der Waals surface area contributed by atoms with E-state index in [-0.39, 0.29) is 0 Å². The molecule has 1 nitrogen and oxygen atoms in total. The van der Waals surface area contributed by atoms with Gasteiger partial charge in [0.05, 0.1) is 0 Å². The first-order valence-corrected chi connectivity index (χ1v) is 9.95. The lowest BCUT2D eigenvalue weighted by Gasteiger charge is -2.10. The fraction of sp³-hybridized carbons (Fsp3) is 0.185. The van der Waals surface area contributed by atoms with Crippen LogP contribution in [0.5, 0.6) is 0 Å². The summed E-state index contributed by atoms with van der Waals surface area (Å²) in [6.07, 6.45) is 3.22. The van der Waals surface area contributed by atoms with Gasteiger partial charge in [-0.25, -0.2) is 0 Å². The van der Waals surface area contributed by atoms with Crippen LogP contribution >= 0.6 is 0 Å². The Bertz CT molecular complexity index is 1110. The summed E-state index contributed by atoms with van der Waals surface area (Å²) in [4.78, 5) is 0. The average Bonchev–Trinajstić information content (AvgIpc) is 3.08. The van der Waals surface area contributed by atoms with Gasteiger partial charge in [0.15, 0.2) is 0 Å². The van der Waals surface area contributed by atoms with E-state index in [1.54, 1.807) is 0 Å². The first-order chi connectivity index (χ1) is 13.5. The number of hydrogen-bond donors (Lipinski definition) is 0. The highest BCUT2D eigenvalue weighted by atomic mass is 14.9. The van der Waals surface area contributed by atoms with Gasteiger partial charge in [-0.2, -0.15) is 0 Å². The minimum absolute atomic E-state index is 0.678. The van der Waals surface area contributed by atoms with Crippen LogP contribution in [0.15, 0.2) is 85.6 Å². The molecule has 1 heterocycles. The quantitative estimate of drug-likeness (QED) is 0.355. The molecule has 0 saturated carbocycles. The van der Waals surface area contributed by atoms with E-state index in [2.05, 4.69) is 111 Å². The van der Waals surface area contributed by atoms with E-state index in [1.165, 1.54) is 38.7 Å². The predicted octanol–water partition coefficient (Wildman–Crippen LogP) is 7.11. The van der Waals surface area contributed by atoms with E-state index in [0.29, 0.717) is 5.92 Å². The Morgan fingerprint density at radius 3 is 2.07 bits per heavy atom. The zero-order chi connectivity index (χ0) is 19.7. The predicted molar refractivity (Wildman–Crippen MR) is 121 cm³/mol. The van der Waals surface area contributed by atoms with Gasteiger partial charge in [0.25, 0.3) is 0 Å². The summed E-state index contributed by atoms with van der Waals surface area (Å²) in [6.45, 7) is 8.84. The lowest BCUT2D eigenvalue weighted by Crippen LogP contribution is -1.94. The van der Waals surface area contributed by atoms with Crippen molar-refractivity contribution < 1.29 is 0 Å². The molecule has 0 radical (unpaired) electrons. The van der Waals surface area contributed by atoms with Crippen LogP contribution in [0.25, 0.3) is 27.6 Å². The van der Waals surface area contributed by atoms with Crippen LogP contribution in [0.4, 0.5) is 0 Å². The lowest BCUT2D eigenvalue weighted by molar-refractivity contribution is 0.647. The van der Waals surface area contributed by atoms with E-state index < -0.39 is 0 Å². The molecule has 140 valence electrons. The van der Waals surface area contributed by atoms with Crippen LogP contribution in [0.3, 0.4) is 0 Å². The second-order valence-electron chi connectivity index (χ2n) is 8.05. The molecule has 0 spiro atoms. The molecule has 0 fully saturated rings. The summed E-state index contributed by atoms with van der Waals surface area (Å²) in [6, 6.07) is 26.4. The summed E-state index contributed by atoms with van der Waals surface area (Å²) < 4.78 is 2.15. The molecular formula is C27H27N. The van der Waals surface area contributed by atoms with Crippen LogP contribution < -0.4 is 0 Å². The monoisotopic (exact) mass is 365 g/mol. The van der Waals surface area contributed by atoms with Crippen molar-refractivity contribution in [1.29, 1.82) is 0 Å². The zero-order valence-electron chi connectivity index (χ0n) is 16.9. The van der Waals surface area contributed by atoms with Gasteiger partial charge in [0.2, 0.25) is 0 Å². The molecular weight excluding hydrogens is 338 g/mol. The van der Waals surface area contributed by atoms with Gasteiger partial charge >= 0.3 is 0 Å². The Balaban J connectivity index is 1.55. The van der Waals surface area contributed by atoms with Crippen molar-refractivity contribution in [2.75, 3.05) is 0 Å². The maximum atomic E-state index is 4.33. The third-order valence-electron chi connectivity index (χ3n) is 5.40. The molecule has 1 heteroatoms. The minimum Gasteiger partial charge on any atom is -0.351 e. The van der Waals surface area contributed by atoms with Crippen LogP contribution in [-0.4, -0.2) is 4.57 Å². The van der Waals surface area contributed by atoms with Gasteiger partial charge in [-0.15, -0.1) is 0 Å². The van der Waals surface area contributed by atoms with Gasteiger partial charge in [0, 0.05) is 24.1 Å². The molecule has 4 aromatic rings. The Kier molecular flexibility index (Phi) is 4.92. The molecule has 0 bridgehead atoms. The Labute approximate surface area is 168 Å². The number of aryl methyl sites for hydroxylation is 1. The van der Waals surface area contributed by atoms with E-state index in [0.717, 1.165) is 12.0 Å². The molecule has 0 saturated heterocycles. The number of rotatable bonds is 5. The summed E-state index contributed by atoms with van der Waals surface area (Å²) in [5.41, 5.74) is 8.55. The fourth-order valence-corrected chi connectivity index (χ4v) is 3.81. The number of nitrogens with zero attached hydrogens (tertiary/aromatic N) is 1. The van der Waals surface area contributed by atoms with Crippen molar-refractivity contribution in [3.05, 3.63) is 102 Å². The molecule has 28 heavy (non-hydrogen) atoms. The molecule has 4 rings (SSSR count). The Hall–Kier alpha value is -3.06. The average molecular weight is 366 g/mol. The molecule has 0 atom stereocenters. The maximum Gasteiger partial charge on any atom is 0.0478 e. The van der Waals surface area contributed by atoms with Gasteiger partial charge in [0.1, 0.15) is 0 Å². The molecule has 0 unspecified atom stereocenters. The first-order valence-electron chi connectivity index (χ1n) is 9.95. The molecule has 0 aliphatic heterocycles. The van der Waals surface area contributed by atoms with Gasteiger partial charge in [-0.05, 0) is 63.9 Å². The second kappa shape index (κ2) is 7.52. The second-order valence-corrected chi connectivity index (χ2v) is 8.05. The van der Waals surface area contributed by atoms with Crippen molar-refractivity contribution in [1.82, 2.24) is 4.57 Å². The molecule has 1 aromatic heterocycles. The van der Waals surface area contributed by atoms with E-state index >= 15 is 0 Å². The van der Waals surface area contributed by atoms with Crippen LogP contribution in [0, 0.1) is 5.92 Å². The van der Waals surface area contributed by atoms with E-state index in [1.807, 2.05) is 0 Å². The van der Waals surface area contributed by atoms with Gasteiger partial charge in [-0.3, -0.25) is 0 Å². The van der Waals surface area contributed by atoms with E-state index in [4.69, 9.17) is 0 Å². The topological polar surface area (TPSA) is 4.93 Å². The third kappa shape index (κ3) is 3.66. The molecule has 0 aliphatic rings. The Morgan fingerprint density at radius 2 is 1.43 bits per heavy atom. The Morgan fingerprint density at radius 1 is 0.821 bits per heavy atom. The van der Waals surface area contributed by atoms with Crippen molar-refractivity contribution in [2.24, 2.45) is 13.0 Å². The highest BCUT2D eigenvalue weighted by Crippen LogP contribution is 2.28. The van der Waals surface area contributed by atoms with E-state index in [9.17, 15) is 0 Å². The SMILES string of the molecule is C=C(c1ccc(CC(C)C)cc1)c1ccc(-c2ccc3c(ccn3C)c2)cc1. The normalized spacial score (nSPS) is 11.3. The fourth-order valence-electron chi connectivity index (χ4n) is 3.81. The number of aromatic nitrogens is 1. The molecule has 0 amide bonds. The lowest BCUT2D eigenvalue weighted by atomic mass is 9.95. The standard InChI is InChI=1S/C27H27N/c1-19(2)17-21-5-7-22(8-6-21)20(3)23-9-11-24(12-10-23)25-13-14-27-26(18-25)15-16-28(27)4/h5-16,18-19H,3,17H2,1-2,4H3. The van der Waals surface area contributed by atoms with Gasteiger partial charge < -0.3 is 4.57 Å². The smallest absolute Gasteiger partial charge is 0.0478 e. The third-order valence-corrected chi connectivity index (χ3v) is 5.40. The summed E-state index contributed by atoms with van der Waals surface area (Å²) >= 11 is 0. The highest BCUT2D eigenvalue weighted by molar-refractivity contribution is 5.86. The van der Waals surface area contributed by atoms with Crippen LogP contribution in [0.2, 0.25) is 0 Å². The minimum atomic E-state index is 0.678. The number of hydrogen-bond acceptors (Lipinski definition) is 0. The van der Waals surface area contributed by atoms with Crippen molar-refractivity contribution in [3.63, 3.8) is 0 Å². The molecule has 0 aliphatic carbocycles. The molecule has 3 aromatic carbocycles. The number of fused-ring (bicyclic) bond motifs is 1. The largest absolute Gasteiger partial charge is 0.351 e. The van der Waals surface area contributed by atoms with Crippen LogP contribution in [0.1, 0.15) is 30.5 Å². The van der Waals surface area contributed by atoms with Crippen molar-refractivity contribution in [2.45, 2.75) is 20.3 Å². The van der Waals surface area contributed by atoms with Crippen molar-refractivity contribution >= 4 is 16.5 Å². The summed E-state index contributed by atoms with van der Waals surface area (Å²) in [5.74, 6) is 0.678. The maximum absolute atomic E-state index is 4.33. The van der Waals surface area contributed by atoms with Gasteiger partial charge in [-0.1, -0.05) is 75.0 Å². The zero-order valence-corrected chi connectivity index (χ0v) is 16.9. The molecule has 0 N–H and O–H groups in total. The summed E-state index contributed by atoms with van der Waals surface area (Å²) in [7, 11) is 2.08. The van der Waals surface area contributed by atoms with Crippen LogP contribution in [-0.2, 0) is 13.5 Å². The summed E-state index contributed by atoms with van der Waals surface area (Å²) in [5, 5.41) is 1.27. The van der Waals surface area contributed by atoms with Crippen molar-refractivity contribution in [3.8, 4) is 11.1 Å². The first kappa shape index (κ1) is 18.3.